The third-order valence-corrected chi connectivity index (χ3v) is 2.53. The third-order valence-electron chi connectivity index (χ3n) is 2.53. The van der Waals surface area contributed by atoms with E-state index >= 15 is 0 Å². The molecular formula is C13H18N2O3. The first kappa shape index (κ1) is 14.0. The van der Waals surface area contributed by atoms with Crippen molar-refractivity contribution >= 4 is 12.0 Å². The maximum absolute atomic E-state index is 11.3. The molecule has 2 amide bonds. The predicted molar refractivity (Wildman–Crippen MR) is 68.3 cm³/mol. The Kier molecular flexibility index (Phi) is 5.70. The van der Waals surface area contributed by atoms with Crippen LogP contribution in [0.3, 0.4) is 0 Å². The summed E-state index contributed by atoms with van der Waals surface area (Å²) in [7, 11) is 0. The van der Waals surface area contributed by atoms with Gasteiger partial charge in [-0.25, -0.2) is 4.79 Å². The number of benzene rings is 1. The van der Waals surface area contributed by atoms with Gasteiger partial charge in [-0.05, 0) is 12.0 Å². The molecule has 18 heavy (non-hydrogen) atoms. The van der Waals surface area contributed by atoms with Gasteiger partial charge in [0.1, 0.15) is 0 Å². The van der Waals surface area contributed by atoms with E-state index in [1.54, 1.807) is 6.92 Å². The number of carbonyl (C=O) groups excluding carboxylic acids is 1. The van der Waals surface area contributed by atoms with E-state index < -0.39 is 11.9 Å². The lowest BCUT2D eigenvalue weighted by Gasteiger charge is -2.09. The van der Waals surface area contributed by atoms with Gasteiger partial charge in [0, 0.05) is 13.1 Å². The molecule has 1 aromatic carbocycles. The molecule has 0 heterocycles. The van der Waals surface area contributed by atoms with Crippen LogP contribution in [0.4, 0.5) is 4.79 Å². The van der Waals surface area contributed by atoms with Crippen LogP contribution < -0.4 is 10.6 Å². The molecule has 1 aromatic rings. The van der Waals surface area contributed by atoms with Gasteiger partial charge in [0.15, 0.2) is 0 Å². The van der Waals surface area contributed by atoms with Crippen molar-refractivity contribution in [3.8, 4) is 0 Å². The van der Waals surface area contributed by atoms with Crippen molar-refractivity contribution in [2.24, 2.45) is 5.92 Å². The number of rotatable bonds is 6. The second-order valence-electron chi connectivity index (χ2n) is 4.11. The van der Waals surface area contributed by atoms with E-state index in [9.17, 15) is 9.59 Å². The quantitative estimate of drug-likeness (QED) is 0.711. The van der Waals surface area contributed by atoms with Crippen LogP contribution in [0.1, 0.15) is 12.5 Å². The SMILES string of the molecule is CC(CNC(=O)NCCc1ccccc1)C(=O)O. The van der Waals surface area contributed by atoms with Gasteiger partial charge >= 0.3 is 12.0 Å². The van der Waals surface area contributed by atoms with Crippen molar-refractivity contribution in [2.75, 3.05) is 13.1 Å². The Balaban J connectivity index is 2.16. The molecule has 0 saturated heterocycles. The minimum atomic E-state index is -0.917. The molecule has 0 aliphatic rings. The van der Waals surface area contributed by atoms with E-state index in [1.165, 1.54) is 0 Å². The number of carbonyl (C=O) groups is 2. The summed E-state index contributed by atoms with van der Waals surface area (Å²) < 4.78 is 0. The molecule has 0 aliphatic carbocycles. The Hall–Kier alpha value is -2.04. The van der Waals surface area contributed by atoms with Gasteiger partial charge in [0.2, 0.25) is 0 Å². The zero-order valence-electron chi connectivity index (χ0n) is 10.3. The molecule has 1 atom stereocenters. The summed E-state index contributed by atoms with van der Waals surface area (Å²) in [4.78, 5) is 21.9. The number of hydrogen-bond acceptors (Lipinski definition) is 2. The fourth-order valence-electron chi connectivity index (χ4n) is 1.36. The fraction of sp³-hybridized carbons (Fsp3) is 0.385. The van der Waals surface area contributed by atoms with Crippen LogP contribution in [-0.4, -0.2) is 30.2 Å². The summed E-state index contributed by atoms with van der Waals surface area (Å²) in [5.74, 6) is -1.50. The van der Waals surface area contributed by atoms with Crippen molar-refractivity contribution in [3.05, 3.63) is 35.9 Å². The molecule has 1 rings (SSSR count). The first-order valence-corrected chi connectivity index (χ1v) is 5.88. The number of hydrogen-bond donors (Lipinski definition) is 3. The van der Waals surface area contributed by atoms with Crippen LogP contribution in [-0.2, 0) is 11.2 Å². The summed E-state index contributed by atoms with van der Waals surface area (Å²) in [5.41, 5.74) is 1.15. The highest BCUT2D eigenvalue weighted by Crippen LogP contribution is 1.98. The van der Waals surface area contributed by atoms with Crippen LogP contribution in [0.5, 0.6) is 0 Å². The average Bonchev–Trinajstić information content (AvgIpc) is 2.37. The summed E-state index contributed by atoms with van der Waals surface area (Å²) in [6.07, 6.45) is 0.753. The van der Waals surface area contributed by atoms with E-state index in [0.717, 1.165) is 12.0 Å². The van der Waals surface area contributed by atoms with Gasteiger partial charge in [0.05, 0.1) is 5.92 Å². The summed E-state index contributed by atoms with van der Waals surface area (Å²) >= 11 is 0. The van der Waals surface area contributed by atoms with E-state index in [-0.39, 0.29) is 12.6 Å². The largest absolute Gasteiger partial charge is 0.481 e. The average molecular weight is 250 g/mol. The van der Waals surface area contributed by atoms with Gasteiger partial charge in [-0.15, -0.1) is 0 Å². The maximum Gasteiger partial charge on any atom is 0.314 e. The highest BCUT2D eigenvalue weighted by Gasteiger charge is 2.11. The molecular weight excluding hydrogens is 232 g/mol. The fourth-order valence-corrected chi connectivity index (χ4v) is 1.36. The van der Waals surface area contributed by atoms with Crippen molar-refractivity contribution in [1.29, 1.82) is 0 Å². The molecule has 0 bridgehead atoms. The van der Waals surface area contributed by atoms with Gasteiger partial charge in [-0.1, -0.05) is 37.3 Å². The number of carboxylic acids is 1. The molecule has 0 saturated carbocycles. The first-order chi connectivity index (χ1) is 8.59. The van der Waals surface area contributed by atoms with Gasteiger partial charge in [0.25, 0.3) is 0 Å². The Morgan fingerprint density at radius 3 is 2.50 bits per heavy atom. The monoisotopic (exact) mass is 250 g/mol. The Bertz CT molecular complexity index is 392. The van der Waals surface area contributed by atoms with E-state index in [2.05, 4.69) is 10.6 Å². The number of carboxylic acid groups (broad SMARTS) is 1. The minimum Gasteiger partial charge on any atom is -0.481 e. The van der Waals surface area contributed by atoms with Crippen LogP contribution in [0.25, 0.3) is 0 Å². The van der Waals surface area contributed by atoms with E-state index in [0.29, 0.717) is 6.54 Å². The summed E-state index contributed by atoms with van der Waals surface area (Å²) in [6.45, 7) is 2.20. The van der Waals surface area contributed by atoms with Gasteiger partial charge in [-0.2, -0.15) is 0 Å². The molecule has 0 spiro atoms. The maximum atomic E-state index is 11.3. The topological polar surface area (TPSA) is 78.4 Å². The summed E-state index contributed by atoms with van der Waals surface area (Å²) in [5, 5.41) is 13.8. The van der Waals surface area contributed by atoms with Crippen molar-refractivity contribution in [2.45, 2.75) is 13.3 Å². The third kappa shape index (κ3) is 5.34. The van der Waals surface area contributed by atoms with E-state index in [1.807, 2.05) is 30.3 Å². The lowest BCUT2D eigenvalue weighted by atomic mass is 10.1. The normalized spacial score (nSPS) is 11.6. The van der Waals surface area contributed by atoms with Crippen molar-refractivity contribution < 1.29 is 14.7 Å². The smallest absolute Gasteiger partial charge is 0.314 e. The van der Waals surface area contributed by atoms with Crippen LogP contribution in [0, 0.1) is 5.92 Å². The number of nitrogens with one attached hydrogen (secondary N) is 2. The molecule has 3 N–H and O–H groups in total. The predicted octanol–water partition coefficient (Wildman–Crippen LogP) is 1.25. The zero-order chi connectivity index (χ0) is 13.4. The van der Waals surface area contributed by atoms with Crippen molar-refractivity contribution in [3.63, 3.8) is 0 Å². The zero-order valence-corrected chi connectivity index (χ0v) is 10.3. The molecule has 5 nitrogen and oxygen atoms in total. The second-order valence-corrected chi connectivity index (χ2v) is 4.11. The summed E-state index contributed by atoms with van der Waals surface area (Å²) in [6, 6.07) is 9.49. The van der Waals surface area contributed by atoms with Crippen molar-refractivity contribution in [1.82, 2.24) is 10.6 Å². The molecule has 0 fully saturated rings. The van der Waals surface area contributed by atoms with Gasteiger partial charge < -0.3 is 15.7 Å². The molecule has 0 radical (unpaired) electrons. The minimum absolute atomic E-state index is 0.131. The first-order valence-electron chi connectivity index (χ1n) is 5.88. The van der Waals surface area contributed by atoms with Crippen LogP contribution in [0.2, 0.25) is 0 Å². The Labute approximate surface area is 106 Å². The molecule has 5 heteroatoms. The highest BCUT2D eigenvalue weighted by atomic mass is 16.4. The standard InChI is InChI=1S/C13H18N2O3/c1-10(12(16)17)9-15-13(18)14-8-7-11-5-3-2-4-6-11/h2-6,10H,7-9H2,1H3,(H,16,17)(H2,14,15,18). The Morgan fingerprint density at radius 2 is 1.89 bits per heavy atom. The molecule has 0 aromatic heterocycles. The lowest BCUT2D eigenvalue weighted by Crippen LogP contribution is -2.39. The van der Waals surface area contributed by atoms with Crippen LogP contribution >= 0.6 is 0 Å². The molecule has 98 valence electrons. The molecule has 1 unspecified atom stereocenters. The number of amides is 2. The lowest BCUT2D eigenvalue weighted by molar-refractivity contribution is -0.140. The number of aliphatic carboxylic acids is 1. The second kappa shape index (κ2) is 7.32. The number of urea groups is 1. The van der Waals surface area contributed by atoms with Crippen LogP contribution in [0.15, 0.2) is 30.3 Å². The van der Waals surface area contributed by atoms with E-state index in [4.69, 9.17) is 5.11 Å². The van der Waals surface area contributed by atoms with Gasteiger partial charge in [-0.3, -0.25) is 4.79 Å². The Morgan fingerprint density at radius 1 is 1.22 bits per heavy atom. The molecule has 0 aliphatic heterocycles. The highest BCUT2D eigenvalue weighted by molar-refractivity contribution is 5.75.